The molecule has 1 N–H and O–H groups in total. The number of thioether (sulfide) groups is 1. The first kappa shape index (κ1) is 20.9. The van der Waals surface area contributed by atoms with Gasteiger partial charge in [0.2, 0.25) is 11.0 Å². The predicted octanol–water partition coefficient (Wildman–Crippen LogP) is 4.59. The molecular formula is C19H15Cl2N5O2S2. The number of halogens is 2. The number of benzene rings is 2. The molecule has 2 aromatic carbocycles. The molecule has 4 rings (SSSR count). The highest BCUT2D eigenvalue weighted by Crippen LogP contribution is 2.34. The Morgan fingerprint density at radius 1 is 1.13 bits per heavy atom. The van der Waals surface area contributed by atoms with E-state index < -0.39 is 11.8 Å². The van der Waals surface area contributed by atoms with Gasteiger partial charge < -0.3 is 0 Å². The molecule has 1 aliphatic heterocycles. The van der Waals surface area contributed by atoms with Crippen LogP contribution in [0.1, 0.15) is 0 Å². The normalized spacial score (nSPS) is 16.2. The number of hydrogen-bond acceptors (Lipinski definition) is 7. The van der Waals surface area contributed by atoms with E-state index in [-0.39, 0.29) is 12.5 Å². The summed E-state index contributed by atoms with van der Waals surface area (Å²) in [4.78, 5) is 26.2. The smallest absolute Gasteiger partial charge is 0.260 e. The van der Waals surface area contributed by atoms with Gasteiger partial charge in [0.05, 0.1) is 17.9 Å². The van der Waals surface area contributed by atoms with Crippen molar-refractivity contribution in [1.82, 2.24) is 10.2 Å². The Bertz CT molecular complexity index is 1110. The lowest BCUT2D eigenvalue weighted by molar-refractivity contribution is -0.128. The number of aromatic nitrogens is 2. The van der Waals surface area contributed by atoms with Crippen LogP contribution in [0.15, 0.2) is 52.9 Å². The first-order valence-corrected chi connectivity index (χ1v) is 11.6. The number of carbonyl (C=O) groups is 2. The van der Waals surface area contributed by atoms with E-state index in [1.807, 2.05) is 12.3 Å². The zero-order valence-electron chi connectivity index (χ0n) is 15.6. The zero-order valence-corrected chi connectivity index (χ0v) is 18.7. The second kappa shape index (κ2) is 8.81. The van der Waals surface area contributed by atoms with E-state index >= 15 is 0 Å². The number of nitrogens with zero attached hydrogens (tertiary/aromatic N) is 4. The maximum atomic E-state index is 13.3. The monoisotopic (exact) mass is 479 g/mol. The van der Waals surface area contributed by atoms with Crippen molar-refractivity contribution in [3.8, 4) is 0 Å². The third-order valence-corrected chi connectivity index (χ3v) is 6.67. The summed E-state index contributed by atoms with van der Waals surface area (Å²) in [5, 5.41) is 15.1. The molecule has 1 unspecified atom stereocenters. The number of anilines is 3. The van der Waals surface area contributed by atoms with E-state index in [4.69, 9.17) is 23.2 Å². The highest BCUT2D eigenvalue weighted by atomic mass is 35.5. The Labute approximate surface area is 191 Å². The topological polar surface area (TPSA) is 78.4 Å². The molecule has 0 spiro atoms. The van der Waals surface area contributed by atoms with Crippen LogP contribution in [0.2, 0.25) is 10.0 Å². The number of hydrogen-bond donors (Lipinski definition) is 1. The van der Waals surface area contributed by atoms with Gasteiger partial charge in [-0.25, -0.2) is 5.01 Å². The van der Waals surface area contributed by atoms with Gasteiger partial charge >= 0.3 is 0 Å². The molecule has 0 aliphatic carbocycles. The summed E-state index contributed by atoms with van der Waals surface area (Å²) in [7, 11) is 0. The van der Waals surface area contributed by atoms with Gasteiger partial charge in [-0.2, -0.15) is 0 Å². The number of rotatable bonds is 5. The van der Waals surface area contributed by atoms with Gasteiger partial charge in [-0.1, -0.05) is 58.4 Å². The fraction of sp³-hybridized carbons (Fsp3) is 0.158. The van der Waals surface area contributed by atoms with Crippen LogP contribution in [0.3, 0.4) is 0 Å². The van der Waals surface area contributed by atoms with Crippen molar-refractivity contribution in [3.05, 3.63) is 58.6 Å². The van der Waals surface area contributed by atoms with Crippen LogP contribution in [0.5, 0.6) is 0 Å². The SMILES string of the molecule is CSc1nnc(NC(=O)C2CN(c3cccc(Cl)c3)N(c3cccc(Cl)c3)C2=O)s1. The second-order valence-corrected chi connectivity index (χ2v) is 9.21. The van der Waals surface area contributed by atoms with Crippen LogP contribution in [0.4, 0.5) is 16.5 Å². The van der Waals surface area contributed by atoms with Crippen molar-refractivity contribution in [2.24, 2.45) is 5.92 Å². The molecule has 154 valence electrons. The van der Waals surface area contributed by atoms with Crippen molar-refractivity contribution in [1.29, 1.82) is 0 Å². The molecule has 1 atom stereocenters. The lowest BCUT2D eigenvalue weighted by Crippen LogP contribution is -2.39. The van der Waals surface area contributed by atoms with E-state index in [2.05, 4.69) is 15.5 Å². The summed E-state index contributed by atoms with van der Waals surface area (Å²) < 4.78 is 0.726. The maximum Gasteiger partial charge on any atom is 0.260 e. The fourth-order valence-corrected chi connectivity index (χ4v) is 4.60. The fourth-order valence-electron chi connectivity index (χ4n) is 3.06. The Balaban J connectivity index is 1.66. The van der Waals surface area contributed by atoms with Gasteiger partial charge in [0.25, 0.3) is 5.91 Å². The summed E-state index contributed by atoms with van der Waals surface area (Å²) in [5.74, 6) is -1.76. The van der Waals surface area contributed by atoms with Gasteiger partial charge in [0, 0.05) is 10.0 Å². The van der Waals surface area contributed by atoms with E-state index in [9.17, 15) is 9.59 Å². The van der Waals surface area contributed by atoms with E-state index in [0.29, 0.717) is 26.6 Å². The van der Waals surface area contributed by atoms with Gasteiger partial charge in [-0.05, 0) is 42.7 Å². The van der Waals surface area contributed by atoms with Gasteiger partial charge in [-0.15, -0.1) is 10.2 Å². The number of carbonyl (C=O) groups excluding carboxylic acids is 2. The predicted molar refractivity (Wildman–Crippen MR) is 122 cm³/mol. The van der Waals surface area contributed by atoms with Crippen LogP contribution in [0, 0.1) is 5.92 Å². The lowest BCUT2D eigenvalue weighted by atomic mass is 10.1. The number of hydrazine groups is 1. The molecule has 30 heavy (non-hydrogen) atoms. The minimum Gasteiger partial charge on any atom is -0.300 e. The summed E-state index contributed by atoms with van der Waals surface area (Å²) in [6.45, 7) is 0.145. The van der Waals surface area contributed by atoms with Crippen LogP contribution in [-0.2, 0) is 9.59 Å². The summed E-state index contributed by atoms with van der Waals surface area (Å²) in [6.07, 6.45) is 1.87. The van der Waals surface area contributed by atoms with E-state index in [0.717, 1.165) is 4.34 Å². The molecule has 11 heteroatoms. The van der Waals surface area contributed by atoms with Gasteiger partial charge in [0.15, 0.2) is 4.34 Å². The van der Waals surface area contributed by atoms with Crippen molar-refractivity contribution < 1.29 is 9.59 Å². The van der Waals surface area contributed by atoms with Crippen LogP contribution in [-0.4, -0.2) is 34.8 Å². The first-order chi connectivity index (χ1) is 14.5. The Morgan fingerprint density at radius 2 is 1.80 bits per heavy atom. The van der Waals surface area contributed by atoms with Gasteiger partial charge in [0.1, 0.15) is 5.92 Å². The molecule has 1 aromatic heterocycles. The minimum atomic E-state index is -0.940. The molecule has 3 aromatic rings. The summed E-state index contributed by atoms with van der Waals surface area (Å²) in [6, 6.07) is 14.0. The van der Waals surface area contributed by atoms with Crippen LogP contribution >= 0.6 is 46.3 Å². The first-order valence-electron chi connectivity index (χ1n) is 8.77. The largest absolute Gasteiger partial charge is 0.300 e. The molecule has 1 aliphatic rings. The lowest BCUT2D eigenvalue weighted by Gasteiger charge is -2.29. The molecule has 1 fully saturated rings. The second-order valence-electron chi connectivity index (χ2n) is 6.31. The van der Waals surface area contributed by atoms with Crippen molar-refractivity contribution >= 4 is 74.6 Å². The highest BCUT2D eigenvalue weighted by Gasteiger charge is 2.44. The average molecular weight is 480 g/mol. The molecule has 0 saturated carbocycles. The quantitative estimate of drug-likeness (QED) is 0.327. The summed E-state index contributed by atoms with van der Waals surface area (Å²) in [5.41, 5.74) is 1.25. The third kappa shape index (κ3) is 4.24. The molecule has 0 radical (unpaired) electrons. The van der Waals surface area contributed by atoms with E-state index in [1.165, 1.54) is 28.1 Å². The Hall–Kier alpha value is -2.33. The maximum absolute atomic E-state index is 13.3. The van der Waals surface area contributed by atoms with Gasteiger partial charge in [-0.3, -0.25) is 19.9 Å². The Morgan fingerprint density at radius 3 is 2.43 bits per heavy atom. The minimum absolute atomic E-state index is 0.145. The van der Waals surface area contributed by atoms with Crippen molar-refractivity contribution in [2.75, 3.05) is 28.1 Å². The van der Waals surface area contributed by atoms with E-state index in [1.54, 1.807) is 47.5 Å². The number of nitrogens with one attached hydrogen (secondary N) is 1. The van der Waals surface area contributed by atoms with Crippen LogP contribution < -0.4 is 15.3 Å². The average Bonchev–Trinajstić information content (AvgIpc) is 3.32. The van der Waals surface area contributed by atoms with Crippen molar-refractivity contribution in [3.63, 3.8) is 0 Å². The molecule has 7 nitrogen and oxygen atoms in total. The Kier molecular flexibility index (Phi) is 6.14. The zero-order chi connectivity index (χ0) is 21.3. The highest BCUT2D eigenvalue weighted by molar-refractivity contribution is 8.00. The van der Waals surface area contributed by atoms with Crippen LogP contribution in [0.25, 0.3) is 0 Å². The standard InChI is InChI=1S/C19H15Cl2N5O2S2/c1-29-19-24-23-18(30-19)22-16(27)15-10-25(13-6-2-4-11(20)8-13)26(17(15)28)14-7-3-5-12(21)9-14/h2-9,15H,10H2,1H3,(H,22,23,27). The molecule has 2 amide bonds. The number of amides is 2. The third-order valence-electron chi connectivity index (χ3n) is 4.39. The molecule has 0 bridgehead atoms. The summed E-state index contributed by atoms with van der Waals surface area (Å²) >= 11 is 15.0. The van der Waals surface area contributed by atoms with Crippen molar-refractivity contribution in [2.45, 2.75) is 4.34 Å². The molecule has 2 heterocycles. The molecular weight excluding hydrogens is 465 g/mol. The molecule has 1 saturated heterocycles.